The van der Waals surface area contributed by atoms with Crippen molar-refractivity contribution in [2.45, 2.75) is 45.0 Å². The van der Waals surface area contributed by atoms with Gasteiger partial charge in [0.2, 0.25) is 0 Å². The van der Waals surface area contributed by atoms with Crippen LogP contribution in [-0.2, 0) is 9.53 Å². The SMILES string of the molecule is CCCCCC1OC(O)C=CC1=O. The van der Waals surface area contributed by atoms with Crippen LogP contribution in [0.5, 0.6) is 0 Å². The molecule has 3 nitrogen and oxygen atoms in total. The Balaban J connectivity index is 2.32. The van der Waals surface area contributed by atoms with Crippen molar-refractivity contribution in [2.75, 3.05) is 0 Å². The molecule has 2 unspecified atom stereocenters. The number of ether oxygens (including phenoxy) is 1. The highest BCUT2D eigenvalue weighted by molar-refractivity contribution is 5.94. The highest BCUT2D eigenvalue weighted by Crippen LogP contribution is 2.14. The molecule has 3 heteroatoms. The van der Waals surface area contributed by atoms with E-state index < -0.39 is 12.4 Å². The standard InChI is InChI=1S/C10H16O3/c1-2-3-4-5-9-8(11)6-7-10(12)13-9/h6-7,9-10,12H,2-5H2,1H3. The van der Waals surface area contributed by atoms with Crippen LogP contribution in [0.1, 0.15) is 32.6 Å². The zero-order chi connectivity index (χ0) is 9.68. The topological polar surface area (TPSA) is 46.5 Å². The molecule has 0 radical (unpaired) electrons. The molecule has 1 aliphatic heterocycles. The number of rotatable bonds is 4. The molecule has 0 saturated heterocycles. The minimum atomic E-state index is -0.899. The van der Waals surface area contributed by atoms with Crippen molar-refractivity contribution in [3.8, 4) is 0 Å². The van der Waals surface area contributed by atoms with Crippen molar-refractivity contribution >= 4 is 5.78 Å². The lowest BCUT2D eigenvalue weighted by molar-refractivity contribution is -0.148. The van der Waals surface area contributed by atoms with E-state index >= 15 is 0 Å². The van der Waals surface area contributed by atoms with Gasteiger partial charge in [0, 0.05) is 0 Å². The smallest absolute Gasteiger partial charge is 0.184 e. The fourth-order valence-electron chi connectivity index (χ4n) is 1.36. The van der Waals surface area contributed by atoms with Crippen LogP contribution in [0.25, 0.3) is 0 Å². The van der Waals surface area contributed by atoms with Gasteiger partial charge in [-0.2, -0.15) is 0 Å². The Bertz CT molecular complexity index is 198. The summed E-state index contributed by atoms with van der Waals surface area (Å²) in [6, 6.07) is 0. The fourth-order valence-corrected chi connectivity index (χ4v) is 1.36. The van der Waals surface area contributed by atoms with Gasteiger partial charge < -0.3 is 9.84 Å². The van der Waals surface area contributed by atoms with Gasteiger partial charge in [0.05, 0.1) is 0 Å². The van der Waals surface area contributed by atoms with Gasteiger partial charge in [-0.1, -0.05) is 26.2 Å². The zero-order valence-electron chi connectivity index (χ0n) is 7.90. The molecule has 0 fully saturated rings. The van der Waals surface area contributed by atoms with Gasteiger partial charge in [-0.05, 0) is 18.6 Å². The number of hydrogen-bond acceptors (Lipinski definition) is 3. The van der Waals surface area contributed by atoms with Crippen LogP contribution in [0.3, 0.4) is 0 Å². The van der Waals surface area contributed by atoms with Crippen molar-refractivity contribution < 1.29 is 14.6 Å². The summed E-state index contributed by atoms with van der Waals surface area (Å²) < 4.78 is 5.06. The monoisotopic (exact) mass is 184 g/mol. The van der Waals surface area contributed by atoms with Gasteiger partial charge in [0.15, 0.2) is 12.1 Å². The summed E-state index contributed by atoms with van der Waals surface area (Å²) in [4.78, 5) is 11.2. The highest BCUT2D eigenvalue weighted by atomic mass is 16.6. The van der Waals surface area contributed by atoms with Crippen LogP contribution in [-0.4, -0.2) is 23.3 Å². The number of hydrogen-bond donors (Lipinski definition) is 1. The van der Waals surface area contributed by atoms with Crippen LogP contribution >= 0.6 is 0 Å². The summed E-state index contributed by atoms with van der Waals surface area (Å²) in [6.07, 6.45) is 5.38. The van der Waals surface area contributed by atoms with E-state index in [1.54, 1.807) is 0 Å². The van der Waals surface area contributed by atoms with Crippen LogP contribution in [0, 0.1) is 0 Å². The van der Waals surface area contributed by atoms with Crippen molar-refractivity contribution in [1.82, 2.24) is 0 Å². The molecule has 0 aromatic rings. The van der Waals surface area contributed by atoms with Crippen LogP contribution in [0.4, 0.5) is 0 Å². The van der Waals surface area contributed by atoms with E-state index in [0.29, 0.717) is 6.42 Å². The van der Waals surface area contributed by atoms with E-state index in [9.17, 15) is 4.79 Å². The maximum absolute atomic E-state index is 11.2. The lowest BCUT2D eigenvalue weighted by Gasteiger charge is -2.21. The number of ketones is 1. The van der Waals surface area contributed by atoms with Gasteiger partial charge in [0.25, 0.3) is 0 Å². The molecular formula is C10H16O3. The predicted octanol–water partition coefficient (Wildman–Crippen LogP) is 1.41. The minimum Gasteiger partial charge on any atom is -0.365 e. The number of aliphatic hydroxyl groups excluding tert-OH is 1. The summed E-state index contributed by atoms with van der Waals surface area (Å²) in [6.45, 7) is 2.11. The quantitative estimate of drug-likeness (QED) is 0.672. The first-order chi connectivity index (χ1) is 6.24. The first-order valence-electron chi connectivity index (χ1n) is 4.79. The molecule has 0 amide bonds. The molecule has 0 spiro atoms. The molecule has 0 bridgehead atoms. The third kappa shape index (κ3) is 3.28. The van der Waals surface area contributed by atoms with Gasteiger partial charge in [0.1, 0.15) is 6.10 Å². The normalized spacial score (nSPS) is 28.0. The summed E-state index contributed by atoms with van der Waals surface area (Å²) >= 11 is 0. The third-order valence-electron chi connectivity index (χ3n) is 2.12. The first kappa shape index (κ1) is 10.4. The Kier molecular flexibility index (Phi) is 4.12. The Morgan fingerprint density at radius 3 is 3.00 bits per heavy atom. The molecule has 0 aromatic heterocycles. The largest absolute Gasteiger partial charge is 0.365 e. The lowest BCUT2D eigenvalue weighted by atomic mass is 10.1. The van der Waals surface area contributed by atoms with E-state index in [1.807, 2.05) is 0 Å². The lowest BCUT2D eigenvalue weighted by Crippen LogP contribution is -2.31. The molecule has 13 heavy (non-hydrogen) atoms. The summed E-state index contributed by atoms with van der Waals surface area (Å²) in [5, 5.41) is 9.09. The molecule has 2 atom stereocenters. The van der Waals surface area contributed by atoms with Crippen molar-refractivity contribution in [3.05, 3.63) is 12.2 Å². The highest BCUT2D eigenvalue weighted by Gasteiger charge is 2.22. The summed E-state index contributed by atoms with van der Waals surface area (Å²) in [7, 11) is 0. The summed E-state index contributed by atoms with van der Waals surface area (Å²) in [5.74, 6) is -0.0265. The molecule has 1 aliphatic rings. The first-order valence-corrected chi connectivity index (χ1v) is 4.79. The Morgan fingerprint density at radius 2 is 2.31 bits per heavy atom. The van der Waals surface area contributed by atoms with Crippen molar-refractivity contribution in [3.63, 3.8) is 0 Å². The average molecular weight is 184 g/mol. The number of aliphatic hydroxyl groups is 1. The minimum absolute atomic E-state index is 0.0265. The third-order valence-corrected chi connectivity index (χ3v) is 2.12. The molecule has 1 rings (SSSR count). The van der Waals surface area contributed by atoms with E-state index in [2.05, 4.69) is 6.92 Å². The molecule has 0 aliphatic carbocycles. The second-order valence-electron chi connectivity index (χ2n) is 3.27. The molecule has 0 aromatic carbocycles. The summed E-state index contributed by atoms with van der Waals surface area (Å²) in [5.41, 5.74) is 0. The fraction of sp³-hybridized carbons (Fsp3) is 0.700. The van der Waals surface area contributed by atoms with Gasteiger partial charge in [-0.25, -0.2) is 0 Å². The van der Waals surface area contributed by atoms with Gasteiger partial charge >= 0.3 is 0 Å². The maximum Gasteiger partial charge on any atom is 0.184 e. The molecule has 0 saturated carbocycles. The Hall–Kier alpha value is -0.670. The maximum atomic E-state index is 11.2. The van der Waals surface area contributed by atoms with E-state index in [1.165, 1.54) is 12.2 Å². The Labute approximate surface area is 78.4 Å². The predicted molar refractivity (Wildman–Crippen MR) is 49.2 cm³/mol. The van der Waals surface area contributed by atoms with Gasteiger partial charge in [-0.3, -0.25) is 4.79 Å². The number of unbranched alkanes of at least 4 members (excludes halogenated alkanes) is 2. The van der Waals surface area contributed by atoms with Crippen LogP contribution < -0.4 is 0 Å². The van der Waals surface area contributed by atoms with Crippen LogP contribution in [0.15, 0.2) is 12.2 Å². The average Bonchev–Trinajstić information content (AvgIpc) is 2.11. The van der Waals surface area contributed by atoms with Gasteiger partial charge in [-0.15, -0.1) is 0 Å². The number of carbonyl (C=O) groups excluding carboxylic acids is 1. The van der Waals surface area contributed by atoms with Crippen molar-refractivity contribution in [2.24, 2.45) is 0 Å². The number of carbonyl (C=O) groups is 1. The van der Waals surface area contributed by atoms with E-state index in [0.717, 1.165) is 19.3 Å². The molecule has 74 valence electrons. The van der Waals surface area contributed by atoms with E-state index in [4.69, 9.17) is 9.84 Å². The second-order valence-corrected chi connectivity index (χ2v) is 3.27. The molecule has 1 N–H and O–H groups in total. The molecular weight excluding hydrogens is 168 g/mol. The second kappa shape index (κ2) is 5.14. The zero-order valence-corrected chi connectivity index (χ0v) is 7.90. The molecule has 1 heterocycles. The Morgan fingerprint density at radius 1 is 1.54 bits per heavy atom. The van der Waals surface area contributed by atoms with Crippen LogP contribution in [0.2, 0.25) is 0 Å². The van der Waals surface area contributed by atoms with E-state index in [-0.39, 0.29) is 5.78 Å². The van der Waals surface area contributed by atoms with Crippen molar-refractivity contribution in [1.29, 1.82) is 0 Å².